The molecule has 4 nitrogen and oxygen atoms in total. The number of rotatable bonds is 2. The van der Waals surface area contributed by atoms with Crippen molar-refractivity contribution in [1.82, 2.24) is 0 Å². The Hall–Kier alpha value is -3.66. The Morgan fingerprint density at radius 3 is 1.92 bits per heavy atom. The van der Waals surface area contributed by atoms with E-state index < -0.39 is 10.8 Å². The van der Waals surface area contributed by atoms with Crippen LogP contribution in [0, 0.1) is 50.4 Å². The first kappa shape index (κ1) is 21.6. The molecule has 0 amide bonds. The number of allylic oxidation sites excluding steroid dienone is 6. The van der Waals surface area contributed by atoms with Crippen molar-refractivity contribution >= 4 is 23.1 Å². The van der Waals surface area contributed by atoms with Crippen molar-refractivity contribution in [2.75, 3.05) is 0 Å². The molecule has 0 saturated heterocycles. The van der Waals surface area contributed by atoms with Crippen LogP contribution in [0.15, 0.2) is 71.8 Å². The van der Waals surface area contributed by atoms with Crippen LogP contribution < -0.4 is 0 Å². The Morgan fingerprint density at radius 1 is 0.639 bits per heavy atom. The summed E-state index contributed by atoms with van der Waals surface area (Å²) in [6.45, 7) is 8.14. The Balaban J connectivity index is 1.64. The van der Waals surface area contributed by atoms with Crippen molar-refractivity contribution in [2.24, 2.45) is 22.7 Å². The van der Waals surface area contributed by atoms with E-state index in [9.17, 15) is 19.2 Å². The summed E-state index contributed by atoms with van der Waals surface area (Å²) in [6.07, 6.45) is 5.43. The first-order chi connectivity index (χ1) is 17.2. The summed E-state index contributed by atoms with van der Waals surface area (Å²) < 4.78 is 0. The van der Waals surface area contributed by atoms with Gasteiger partial charge in [0.25, 0.3) is 0 Å². The zero-order chi connectivity index (χ0) is 25.3. The van der Waals surface area contributed by atoms with E-state index in [1.54, 1.807) is 0 Å². The van der Waals surface area contributed by atoms with Crippen molar-refractivity contribution in [3.05, 3.63) is 105 Å². The van der Waals surface area contributed by atoms with Gasteiger partial charge in [-0.25, -0.2) is 0 Å². The maximum Gasteiger partial charge on any atom is 0.183 e. The lowest BCUT2D eigenvalue weighted by molar-refractivity contribution is -0.131. The minimum absolute atomic E-state index is 0.0860. The summed E-state index contributed by atoms with van der Waals surface area (Å²) in [4.78, 5) is 55.0. The highest BCUT2D eigenvalue weighted by atomic mass is 16.2. The average Bonchev–Trinajstić information content (AvgIpc) is 3.41. The number of benzene rings is 2. The molecule has 6 aliphatic rings. The molecule has 4 bridgehead atoms. The molecule has 2 fully saturated rings. The van der Waals surface area contributed by atoms with Crippen LogP contribution in [-0.4, -0.2) is 23.1 Å². The van der Waals surface area contributed by atoms with Crippen LogP contribution in [-0.2, 0) is 19.2 Å². The highest BCUT2D eigenvalue weighted by Crippen LogP contribution is 2.93. The molecule has 0 aromatic heterocycles. The van der Waals surface area contributed by atoms with Gasteiger partial charge in [0.05, 0.1) is 10.8 Å². The standard InChI is InChI=1S/C32H26O4/c1-15-5-7-17(3)19(13-15)25-27-26-21(33)9-10-22(34)29(26)32-24(36)12-11-23(35)31(32,30(25)32)28(27)20-14-16(2)6-8-18(20)4/h5-14,25,27-28,30H,1-4H3/t25-,27-,28+,30-,31+,32-/m0/s1. The van der Waals surface area contributed by atoms with E-state index in [0.717, 1.165) is 33.4 Å². The third-order valence-corrected chi connectivity index (χ3v) is 9.76. The van der Waals surface area contributed by atoms with Crippen LogP contribution >= 0.6 is 0 Å². The van der Waals surface area contributed by atoms with Gasteiger partial charge in [-0.3, -0.25) is 19.2 Å². The van der Waals surface area contributed by atoms with Crippen molar-refractivity contribution < 1.29 is 19.2 Å². The van der Waals surface area contributed by atoms with Crippen LogP contribution in [0.1, 0.15) is 45.2 Å². The van der Waals surface area contributed by atoms with Gasteiger partial charge < -0.3 is 0 Å². The van der Waals surface area contributed by atoms with Gasteiger partial charge in [0.15, 0.2) is 23.1 Å². The van der Waals surface area contributed by atoms with Crippen molar-refractivity contribution in [3.63, 3.8) is 0 Å². The number of hydrogen-bond acceptors (Lipinski definition) is 4. The van der Waals surface area contributed by atoms with Gasteiger partial charge in [0.2, 0.25) is 0 Å². The smallest absolute Gasteiger partial charge is 0.183 e. The molecule has 36 heavy (non-hydrogen) atoms. The highest BCUT2D eigenvalue weighted by molar-refractivity contribution is 6.30. The van der Waals surface area contributed by atoms with Crippen LogP contribution in [0.4, 0.5) is 0 Å². The van der Waals surface area contributed by atoms with Gasteiger partial charge in [0, 0.05) is 23.0 Å². The Morgan fingerprint density at radius 2 is 1.22 bits per heavy atom. The normalized spacial score (nSPS) is 35.3. The third-order valence-electron chi connectivity index (χ3n) is 9.76. The second kappa shape index (κ2) is 6.56. The Bertz CT molecular complexity index is 1580. The first-order valence-electron chi connectivity index (χ1n) is 12.6. The van der Waals surface area contributed by atoms with Crippen molar-refractivity contribution in [2.45, 2.75) is 39.5 Å². The lowest BCUT2D eigenvalue weighted by atomic mass is 9.53. The van der Waals surface area contributed by atoms with Gasteiger partial charge in [-0.1, -0.05) is 47.5 Å². The molecule has 2 aromatic rings. The number of carbonyl (C=O) groups excluding carboxylic acids is 4. The van der Waals surface area contributed by atoms with Crippen molar-refractivity contribution in [3.8, 4) is 0 Å². The molecular weight excluding hydrogens is 448 g/mol. The molecule has 4 heteroatoms. The van der Waals surface area contributed by atoms with E-state index in [1.165, 1.54) is 24.3 Å². The number of carbonyl (C=O) groups is 4. The fourth-order valence-electron chi connectivity index (χ4n) is 8.67. The van der Waals surface area contributed by atoms with Crippen molar-refractivity contribution in [1.29, 1.82) is 0 Å². The number of ketones is 4. The molecule has 0 N–H and O–H groups in total. The fourth-order valence-corrected chi connectivity index (χ4v) is 8.67. The van der Waals surface area contributed by atoms with E-state index in [2.05, 4.69) is 37.3 Å². The summed E-state index contributed by atoms with van der Waals surface area (Å²) in [7, 11) is 0. The largest absolute Gasteiger partial charge is 0.294 e. The zero-order valence-electron chi connectivity index (χ0n) is 20.7. The van der Waals surface area contributed by atoms with Gasteiger partial charge in [0.1, 0.15) is 0 Å². The van der Waals surface area contributed by atoms with E-state index in [1.807, 2.05) is 26.8 Å². The lowest BCUT2D eigenvalue weighted by Crippen LogP contribution is -2.49. The minimum Gasteiger partial charge on any atom is -0.294 e. The number of aryl methyl sites for hydroxylation is 4. The SMILES string of the molecule is Cc1ccc(C)c([C@H]2[C@H]3C4=C(C(=O)C=CC4=O)[C@]45C(=O)C=CC(=O)[C@@]4([C@@H]3c3cc(C)ccc3C)[C@H]25)c1. The summed E-state index contributed by atoms with van der Waals surface area (Å²) >= 11 is 0. The second-order valence-electron chi connectivity index (χ2n) is 11.3. The van der Waals surface area contributed by atoms with E-state index in [-0.39, 0.29) is 46.8 Å². The number of hydrogen-bond donors (Lipinski definition) is 0. The zero-order valence-corrected chi connectivity index (χ0v) is 20.7. The predicted molar refractivity (Wildman–Crippen MR) is 134 cm³/mol. The molecular formula is C32H26O4. The van der Waals surface area contributed by atoms with Crippen LogP contribution in [0.2, 0.25) is 0 Å². The molecule has 2 aromatic carbocycles. The van der Waals surface area contributed by atoms with Gasteiger partial charge in [-0.2, -0.15) is 0 Å². The monoisotopic (exact) mass is 474 g/mol. The lowest BCUT2D eigenvalue weighted by Gasteiger charge is -2.47. The molecule has 0 radical (unpaired) electrons. The molecule has 6 atom stereocenters. The molecule has 2 saturated carbocycles. The first-order valence-corrected chi connectivity index (χ1v) is 12.6. The molecule has 0 unspecified atom stereocenters. The van der Waals surface area contributed by atoms with Gasteiger partial charge >= 0.3 is 0 Å². The maximum absolute atomic E-state index is 14.1. The topological polar surface area (TPSA) is 68.3 Å². The Labute approximate surface area is 209 Å². The third kappa shape index (κ3) is 2.11. The van der Waals surface area contributed by atoms with Crippen LogP contribution in [0.5, 0.6) is 0 Å². The average molecular weight is 475 g/mol. The van der Waals surface area contributed by atoms with E-state index >= 15 is 0 Å². The maximum atomic E-state index is 14.1. The summed E-state index contributed by atoms with van der Waals surface area (Å²) in [6, 6.07) is 12.5. The molecule has 6 aliphatic carbocycles. The van der Waals surface area contributed by atoms with Gasteiger partial charge in [-0.15, -0.1) is 0 Å². The molecule has 0 aliphatic heterocycles. The van der Waals surface area contributed by atoms with Crippen LogP contribution in [0.3, 0.4) is 0 Å². The molecule has 8 rings (SSSR count). The van der Waals surface area contributed by atoms with Crippen LogP contribution in [0.25, 0.3) is 0 Å². The summed E-state index contributed by atoms with van der Waals surface area (Å²) in [5.74, 6) is -2.05. The minimum atomic E-state index is -1.28. The molecule has 0 heterocycles. The van der Waals surface area contributed by atoms with Gasteiger partial charge in [-0.05, 0) is 86.1 Å². The van der Waals surface area contributed by atoms with E-state index in [4.69, 9.17) is 0 Å². The quantitative estimate of drug-likeness (QED) is 0.590. The van der Waals surface area contributed by atoms with E-state index in [0.29, 0.717) is 11.1 Å². The highest BCUT2D eigenvalue weighted by Gasteiger charge is 2.95. The molecule has 2 spiro atoms. The summed E-state index contributed by atoms with van der Waals surface area (Å²) in [5, 5.41) is 0. The predicted octanol–water partition coefficient (Wildman–Crippen LogP) is 4.75. The molecule has 178 valence electrons. The fraction of sp³-hybridized carbons (Fsp3) is 0.312. The Kier molecular flexibility index (Phi) is 3.93. The second-order valence-corrected chi connectivity index (χ2v) is 11.3. The summed E-state index contributed by atoms with van der Waals surface area (Å²) in [5.41, 5.74) is 4.80.